The molecule has 31 heavy (non-hydrogen) atoms. The molecule has 0 bridgehead atoms. The van der Waals surface area contributed by atoms with Gasteiger partial charge in [-0.15, -0.1) is 0 Å². The van der Waals surface area contributed by atoms with E-state index in [1.165, 1.54) is 11.1 Å². The number of hydrogen-bond acceptors (Lipinski definition) is 4. The summed E-state index contributed by atoms with van der Waals surface area (Å²) in [6.45, 7) is 5.52. The smallest absolute Gasteiger partial charge is 0.233 e. The standard InChI is InChI=1S/C26H26N2O2S/c1-17-13-18(2)25-23(14-17)27-26(31-25)28(16-21-10-6-12-30-21)24(29)15-20-9-5-8-19-7-3-4-11-22(19)20/h3-5,7-9,11,13-14,21H,6,10,12,15-16H2,1-2H3. The molecule has 0 aliphatic carbocycles. The Balaban J connectivity index is 1.51. The summed E-state index contributed by atoms with van der Waals surface area (Å²) in [6, 6.07) is 18.7. The molecule has 4 nitrogen and oxygen atoms in total. The molecule has 1 aromatic heterocycles. The van der Waals surface area contributed by atoms with E-state index in [-0.39, 0.29) is 12.0 Å². The van der Waals surface area contributed by atoms with Crippen LogP contribution in [-0.4, -0.2) is 30.1 Å². The third kappa shape index (κ3) is 4.08. The SMILES string of the molecule is Cc1cc(C)c2sc(N(CC3CCCO3)C(=O)Cc3cccc4ccccc34)nc2c1. The predicted molar refractivity (Wildman–Crippen MR) is 128 cm³/mol. The summed E-state index contributed by atoms with van der Waals surface area (Å²) >= 11 is 1.61. The minimum absolute atomic E-state index is 0.0697. The van der Waals surface area contributed by atoms with Crippen LogP contribution < -0.4 is 4.90 Å². The largest absolute Gasteiger partial charge is 0.376 e. The molecule has 0 spiro atoms. The van der Waals surface area contributed by atoms with Crippen LogP contribution in [0.15, 0.2) is 54.6 Å². The molecule has 0 radical (unpaired) electrons. The van der Waals surface area contributed by atoms with Gasteiger partial charge in [-0.2, -0.15) is 0 Å². The first-order valence-electron chi connectivity index (χ1n) is 10.8. The summed E-state index contributed by atoms with van der Waals surface area (Å²) in [7, 11) is 0. The van der Waals surface area contributed by atoms with Crippen LogP contribution in [0.3, 0.4) is 0 Å². The summed E-state index contributed by atoms with van der Waals surface area (Å²) in [4.78, 5) is 20.3. The minimum Gasteiger partial charge on any atom is -0.376 e. The third-order valence-corrected chi connectivity index (χ3v) is 7.20. The molecular weight excluding hydrogens is 404 g/mol. The summed E-state index contributed by atoms with van der Waals surface area (Å²) < 4.78 is 7.02. The molecule has 0 saturated carbocycles. The minimum atomic E-state index is 0.0697. The Morgan fingerprint density at radius 1 is 1.16 bits per heavy atom. The van der Waals surface area contributed by atoms with Gasteiger partial charge >= 0.3 is 0 Å². The van der Waals surface area contributed by atoms with Gasteiger partial charge in [-0.3, -0.25) is 9.69 Å². The topological polar surface area (TPSA) is 42.4 Å². The zero-order valence-electron chi connectivity index (χ0n) is 17.9. The van der Waals surface area contributed by atoms with Crippen molar-refractivity contribution in [2.24, 2.45) is 0 Å². The van der Waals surface area contributed by atoms with Crippen molar-refractivity contribution in [1.82, 2.24) is 4.98 Å². The number of aromatic nitrogens is 1. The van der Waals surface area contributed by atoms with E-state index in [4.69, 9.17) is 9.72 Å². The van der Waals surface area contributed by atoms with E-state index in [9.17, 15) is 4.79 Å². The lowest BCUT2D eigenvalue weighted by molar-refractivity contribution is -0.118. The van der Waals surface area contributed by atoms with Gasteiger partial charge in [0.1, 0.15) is 0 Å². The summed E-state index contributed by atoms with van der Waals surface area (Å²) in [5.74, 6) is 0.0697. The van der Waals surface area contributed by atoms with Gasteiger partial charge in [0, 0.05) is 6.61 Å². The predicted octanol–water partition coefficient (Wildman–Crippen LogP) is 5.82. The summed E-state index contributed by atoms with van der Waals surface area (Å²) in [5, 5.41) is 3.06. The molecule has 4 aromatic rings. The van der Waals surface area contributed by atoms with E-state index in [0.717, 1.165) is 51.1 Å². The Bertz CT molecular complexity index is 1250. The molecule has 5 heteroatoms. The lowest BCUT2D eigenvalue weighted by Crippen LogP contribution is -2.38. The Morgan fingerprint density at radius 2 is 2.00 bits per heavy atom. The van der Waals surface area contributed by atoms with Crippen LogP contribution in [0.2, 0.25) is 0 Å². The molecule has 1 saturated heterocycles. The number of rotatable bonds is 5. The number of carbonyl (C=O) groups is 1. The zero-order chi connectivity index (χ0) is 21.4. The average molecular weight is 431 g/mol. The van der Waals surface area contributed by atoms with Gasteiger partial charge in [0.15, 0.2) is 5.13 Å². The highest BCUT2D eigenvalue weighted by atomic mass is 32.1. The fraction of sp³-hybridized carbons (Fsp3) is 0.308. The number of benzene rings is 3. The van der Waals surface area contributed by atoms with Crippen LogP contribution in [0, 0.1) is 13.8 Å². The highest BCUT2D eigenvalue weighted by Crippen LogP contribution is 2.33. The monoisotopic (exact) mass is 430 g/mol. The number of aryl methyl sites for hydroxylation is 2. The first kappa shape index (κ1) is 20.2. The van der Waals surface area contributed by atoms with E-state index in [1.54, 1.807) is 11.3 Å². The molecule has 1 unspecified atom stereocenters. The molecule has 5 rings (SSSR count). The van der Waals surface area contributed by atoms with E-state index < -0.39 is 0 Å². The van der Waals surface area contributed by atoms with Gasteiger partial charge < -0.3 is 4.74 Å². The summed E-state index contributed by atoms with van der Waals surface area (Å²) in [6.07, 6.45) is 2.46. The second-order valence-corrected chi connectivity index (χ2v) is 9.36. The van der Waals surface area contributed by atoms with Crippen molar-refractivity contribution in [2.45, 2.75) is 39.2 Å². The average Bonchev–Trinajstić information content (AvgIpc) is 3.42. The second kappa shape index (κ2) is 8.40. The number of nitrogens with zero attached hydrogens (tertiary/aromatic N) is 2. The number of anilines is 1. The van der Waals surface area contributed by atoms with E-state index >= 15 is 0 Å². The molecule has 1 fully saturated rings. The number of amides is 1. The Hall–Kier alpha value is -2.76. The fourth-order valence-electron chi connectivity index (χ4n) is 4.46. The van der Waals surface area contributed by atoms with E-state index in [1.807, 2.05) is 23.1 Å². The molecule has 158 valence electrons. The van der Waals surface area contributed by atoms with E-state index in [0.29, 0.717) is 13.0 Å². The Kier molecular flexibility index (Phi) is 5.47. The van der Waals surface area contributed by atoms with Crippen molar-refractivity contribution in [2.75, 3.05) is 18.1 Å². The van der Waals surface area contributed by atoms with Crippen LogP contribution in [0.5, 0.6) is 0 Å². The first-order chi connectivity index (χ1) is 15.1. The van der Waals surface area contributed by atoms with E-state index in [2.05, 4.69) is 50.2 Å². The van der Waals surface area contributed by atoms with Gasteiger partial charge in [-0.1, -0.05) is 59.9 Å². The molecule has 0 N–H and O–H groups in total. The quantitative estimate of drug-likeness (QED) is 0.401. The molecule has 1 aliphatic rings. The van der Waals surface area contributed by atoms with Crippen LogP contribution in [0.1, 0.15) is 29.5 Å². The first-order valence-corrected chi connectivity index (χ1v) is 11.7. The second-order valence-electron chi connectivity index (χ2n) is 8.38. The molecule has 3 aromatic carbocycles. The molecule has 1 amide bonds. The Morgan fingerprint density at radius 3 is 2.84 bits per heavy atom. The van der Waals surface area contributed by atoms with Gasteiger partial charge in [-0.25, -0.2) is 4.98 Å². The fourth-order valence-corrected chi connectivity index (χ4v) is 5.51. The maximum atomic E-state index is 13.6. The van der Waals surface area contributed by atoms with Gasteiger partial charge in [0.2, 0.25) is 5.91 Å². The zero-order valence-corrected chi connectivity index (χ0v) is 18.7. The lowest BCUT2D eigenvalue weighted by Gasteiger charge is -2.23. The number of carbonyl (C=O) groups excluding carboxylic acids is 1. The summed E-state index contributed by atoms with van der Waals surface area (Å²) in [5.41, 5.74) is 4.41. The van der Waals surface area contributed by atoms with Crippen LogP contribution in [0.4, 0.5) is 5.13 Å². The van der Waals surface area contributed by atoms with Gasteiger partial charge in [0.05, 0.1) is 29.3 Å². The molecule has 2 heterocycles. The van der Waals surface area contributed by atoms with Crippen molar-refractivity contribution in [1.29, 1.82) is 0 Å². The molecule has 1 aliphatic heterocycles. The van der Waals surface area contributed by atoms with Crippen LogP contribution in [0.25, 0.3) is 21.0 Å². The third-order valence-electron chi connectivity index (χ3n) is 5.97. The van der Waals surface area contributed by atoms with Gasteiger partial charge in [-0.05, 0) is 60.2 Å². The number of ether oxygens (including phenoxy) is 1. The van der Waals surface area contributed by atoms with Crippen molar-refractivity contribution >= 4 is 43.4 Å². The van der Waals surface area contributed by atoms with Crippen LogP contribution >= 0.6 is 11.3 Å². The number of fused-ring (bicyclic) bond motifs is 2. The Labute approximate surface area is 186 Å². The van der Waals surface area contributed by atoms with Crippen molar-refractivity contribution < 1.29 is 9.53 Å². The molecular formula is C26H26N2O2S. The normalized spacial score (nSPS) is 16.3. The maximum absolute atomic E-state index is 13.6. The lowest BCUT2D eigenvalue weighted by atomic mass is 10.0. The van der Waals surface area contributed by atoms with Gasteiger partial charge in [0.25, 0.3) is 0 Å². The van der Waals surface area contributed by atoms with Crippen molar-refractivity contribution in [3.63, 3.8) is 0 Å². The van der Waals surface area contributed by atoms with Crippen molar-refractivity contribution in [3.8, 4) is 0 Å². The number of hydrogen-bond donors (Lipinski definition) is 0. The highest BCUT2D eigenvalue weighted by molar-refractivity contribution is 7.22. The highest BCUT2D eigenvalue weighted by Gasteiger charge is 2.26. The van der Waals surface area contributed by atoms with Crippen molar-refractivity contribution in [3.05, 3.63) is 71.3 Å². The molecule has 1 atom stereocenters. The number of thiazole rings is 1. The van der Waals surface area contributed by atoms with Crippen LogP contribution in [-0.2, 0) is 16.0 Å². The maximum Gasteiger partial charge on any atom is 0.233 e.